The van der Waals surface area contributed by atoms with Gasteiger partial charge in [0.1, 0.15) is 0 Å². The second-order valence-electron chi connectivity index (χ2n) is 4.73. The highest BCUT2D eigenvalue weighted by molar-refractivity contribution is 4.92. The van der Waals surface area contributed by atoms with Crippen LogP contribution in [0.2, 0.25) is 0 Å². The summed E-state index contributed by atoms with van der Waals surface area (Å²) in [6.07, 6.45) is 6.24. The van der Waals surface area contributed by atoms with Crippen LogP contribution in [0.15, 0.2) is 0 Å². The molecule has 1 rings (SSSR count). The lowest BCUT2D eigenvalue weighted by Gasteiger charge is -2.45. The Morgan fingerprint density at radius 3 is 2.33 bits per heavy atom. The van der Waals surface area contributed by atoms with Crippen LogP contribution in [0, 0.1) is 0 Å². The molecule has 1 N–H and O–H groups in total. The van der Waals surface area contributed by atoms with E-state index in [2.05, 4.69) is 33.0 Å². The van der Waals surface area contributed by atoms with Crippen molar-refractivity contribution in [3.8, 4) is 0 Å². The van der Waals surface area contributed by atoms with Crippen molar-refractivity contribution in [2.24, 2.45) is 0 Å². The summed E-state index contributed by atoms with van der Waals surface area (Å²) in [5.74, 6) is 0. The summed E-state index contributed by atoms with van der Waals surface area (Å²) in [6, 6.07) is 0.566. The van der Waals surface area contributed by atoms with E-state index >= 15 is 0 Å². The number of ether oxygens (including phenoxy) is 1. The van der Waals surface area contributed by atoms with Gasteiger partial charge in [-0.2, -0.15) is 0 Å². The second kappa shape index (κ2) is 5.86. The first-order valence-corrected chi connectivity index (χ1v) is 6.62. The maximum absolute atomic E-state index is 6.35. The van der Waals surface area contributed by atoms with Gasteiger partial charge in [0.15, 0.2) is 0 Å². The molecule has 0 bridgehead atoms. The van der Waals surface area contributed by atoms with Gasteiger partial charge in [-0.1, -0.05) is 34.1 Å². The third-order valence-corrected chi connectivity index (χ3v) is 3.84. The molecule has 0 aromatic heterocycles. The first-order chi connectivity index (χ1) is 7.21. The molecular formula is C13H27NO. The average Bonchev–Trinajstić information content (AvgIpc) is 2.29. The molecule has 0 amide bonds. The van der Waals surface area contributed by atoms with E-state index in [0.29, 0.717) is 12.1 Å². The highest BCUT2D eigenvalue weighted by Gasteiger charge is 2.37. The first-order valence-electron chi connectivity index (χ1n) is 6.62. The molecule has 1 aliphatic heterocycles. The molecule has 1 heterocycles. The van der Waals surface area contributed by atoms with Crippen molar-refractivity contribution in [3.05, 3.63) is 0 Å². The molecule has 2 unspecified atom stereocenters. The van der Waals surface area contributed by atoms with E-state index in [-0.39, 0.29) is 5.60 Å². The Morgan fingerprint density at radius 2 is 1.87 bits per heavy atom. The summed E-state index contributed by atoms with van der Waals surface area (Å²) in [5.41, 5.74) is 0.103. The van der Waals surface area contributed by atoms with Crippen LogP contribution in [0.25, 0.3) is 0 Å². The smallest absolute Gasteiger partial charge is 0.0805 e. The molecule has 15 heavy (non-hydrogen) atoms. The minimum absolute atomic E-state index is 0.103. The van der Waals surface area contributed by atoms with Crippen molar-refractivity contribution in [3.63, 3.8) is 0 Å². The Bertz CT molecular complexity index is 177. The molecule has 1 aliphatic rings. The molecule has 2 atom stereocenters. The van der Waals surface area contributed by atoms with Crippen molar-refractivity contribution in [2.45, 2.75) is 77.5 Å². The van der Waals surface area contributed by atoms with E-state index in [1.807, 2.05) is 0 Å². The predicted molar refractivity (Wildman–Crippen MR) is 65.2 cm³/mol. The summed E-state index contributed by atoms with van der Waals surface area (Å²) in [5, 5.41) is 3.67. The van der Waals surface area contributed by atoms with Gasteiger partial charge in [-0.05, 0) is 25.7 Å². The van der Waals surface area contributed by atoms with Crippen LogP contribution < -0.4 is 5.32 Å². The fourth-order valence-electron chi connectivity index (χ4n) is 2.51. The quantitative estimate of drug-likeness (QED) is 0.757. The SMILES string of the molecule is CCCC1OC(CC)(CC)CNC1CC. The average molecular weight is 213 g/mol. The van der Waals surface area contributed by atoms with E-state index in [9.17, 15) is 0 Å². The Kier molecular flexibility index (Phi) is 5.07. The van der Waals surface area contributed by atoms with Crippen molar-refractivity contribution < 1.29 is 4.74 Å². The molecule has 0 aromatic rings. The topological polar surface area (TPSA) is 21.3 Å². The molecule has 1 fully saturated rings. The van der Waals surface area contributed by atoms with Gasteiger partial charge in [-0.25, -0.2) is 0 Å². The molecule has 0 spiro atoms. The number of hydrogen-bond acceptors (Lipinski definition) is 2. The lowest BCUT2D eigenvalue weighted by molar-refractivity contribution is -0.141. The van der Waals surface area contributed by atoms with Gasteiger partial charge in [-0.15, -0.1) is 0 Å². The summed E-state index contributed by atoms with van der Waals surface area (Å²) >= 11 is 0. The van der Waals surface area contributed by atoms with E-state index in [1.165, 1.54) is 19.3 Å². The molecule has 90 valence electrons. The van der Waals surface area contributed by atoms with Crippen LogP contribution in [-0.2, 0) is 4.74 Å². The Balaban J connectivity index is 2.63. The van der Waals surface area contributed by atoms with Gasteiger partial charge in [0.05, 0.1) is 11.7 Å². The monoisotopic (exact) mass is 213 g/mol. The van der Waals surface area contributed by atoms with Crippen molar-refractivity contribution >= 4 is 0 Å². The van der Waals surface area contributed by atoms with E-state index in [4.69, 9.17) is 4.74 Å². The van der Waals surface area contributed by atoms with Gasteiger partial charge < -0.3 is 10.1 Å². The van der Waals surface area contributed by atoms with Gasteiger partial charge in [0.25, 0.3) is 0 Å². The minimum Gasteiger partial charge on any atom is -0.369 e. The molecule has 1 saturated heterocycles. The van der Waals surface area contributed by atoms with Crippen LogP contribution in [0.4, 0.5) is 0 Å². The largest absolute Gasteiger partial charge is 0.369 e. The van der Waals surface area contributed by atoms with Crippen LogP contribution in [0.1, 0.15) is 59.8 Å². The van der Waals surface area contributed by atoms with E-state index in [0.717, 1.165) is 19.4 Å². The van der Waals surface area contributed by atoms with Crippen LogP contribution in [0.3, 0.4) is 0 Å². The normalized spacial score (nSPS) is 30.4. The second-order valence-corrected chi connectivity index (χ2v) is 4.73. The van der Waals surface area contributed by atoms with Crippen molar-refractivity contribution in [1.29, 1.82) is 0 Å². The zero-order chi connectivity index (χ0) is 11.3. The molecular weight excluding hydrogens is 186 g/mol. The van der Waals surface area contributed by atoms with Gasteiger partial charge in [0.2, 0.25) is 0 Å². The fraction of sp³-hybridized carbons (Fsp3) is 1.00. The number of hydrogen-bond donors (Lipinski definition) is 1. The predicted octanol–water partition coefficient (Wildman–Crippen LogP) is 3.11. The summed E-state index contributed by atoms with van der Waals surface area (Å²) in [4.78, 5) is 0. The number of rotatable bonds is 5. The molecule has 2 heteroatoms. The maximum atomic E-state index is 6.35. The summed E-state index contributed by atoms with van der Waals surface area (Å²) in [6.45, 7) is 9.98. The lowest BCUT2D eigenvalue weighted by atomic mass is 9.91. The zero-order valence-corrected chi connectivity index (χ0v) is 10.8. The maximum Gasteiger partial charge on any atom is 0.0805 e. The molecule has 0 aliphatic carbocycles. The van der Waals surface area contributed by atoms with Crippen molar-refractivity contribution in [2.75, 3.05) is 6.54 Å². The van der Waals surface area contributed by atoms with E-state index in [1.54, 1.807) is 0 Å². The van der Waals surface area contributed by atoms with E-state index < -0.39 is 0 Å². The van der Waals surface area contributed by atoms with Crippen LogP contribution in [-0.4, -0.2) is 24.3 Å². The zero-order valence-electron chi connectivity index (χ0n) is 10.8. The number of nitrogens with one attached hydrogen (secondary N) is 1. The Morgan fingerprint density at radius 1 is 1.20 bits per heavy atom. The molecule has 0 saturated carbocycles. The highest BCUT2D eigenvalue weighted by atomic mass is 16.5. The highest BCUT2D eigenvalue weighted by Crippen LogP contribution is 2.29. The van der Waals surface area contributed by atoms with Crippen LogP contribution >= 0.6 is 0 Å². The van der Waals surface area contributed by atoms with Crippen molar-refractivity contribution in [1.82, 2.24) is 5.32 Å². The lowest BCUT2D eigenvalue weighted by Crippen LogP contribution is -2.58. The fourth-order valence-corrected chi connectivity index (χ4v) is 2.51. The molecule has 0 radical (unpaired) electrons. The van der Waals surface area contributed by atoms with Gasteiger partial charge in [0, 0.05) is 12.6 Å². The minimum atomic E-state index is 0.103. The number of morpholine rings is 1. The van der Waals surface area contributed by atoms with Gasteiger partial charge in [-0.3, -0.25) is 0 Å². The summed E-state index contributed by atoms with van der Waals surface area (Å²) in [7, 11) is 0. The third kappa shape index (κ3) is 2.94. The van der Waals surface area contributed by atoms with Gasteiger partial charge >= 0.3 is 0 Å². The standard InChI is InChI=1S/C13H27NO/c1-5-9-12-11(6-2)14-10-13(7-3,8-4)15-12/h11-12,14H,5-10H2,1-4H3. The first kappa shape index (κ1) is 13.0. The third-order valence-electron chi connectivity index (χ3n) is 3.84. The summed E-state index contributed by atoms with van der Waals surface area (Å²) < 4.78 is 6.35. The van der Waals surface area contributed by atoms with Crippen LogP contribution in [0.5, 0.6) is 0 Å². The Hall–Kier alpha value is -0.0800. The molecule has 0 aromatic carbocycles. The Labute approximate surface area is 94.8 Å². The molecule has 2 nitrogen and oxygen atoms in total.